The van der Waals surface area contributed by atoms with E-state index in [1.807, 2.05) is 32.1 Å². The molecule has 7 heavy (non-hydrogen) atoms. The fourth-order valence-electron chi connectivity index (χ4n) is 0.289. The third-order valence-corrected chi connectivity index (χ3v) is 0.692. The molecule has 0 amide bonds. The van der Waals surface area contributed by atoms with Gasteiger partial charge in [-0.15, -0.1) is 5.47 Å². The second kappa shape index (κ2) is 3.73. The molecule has 0 bridgehead atoms. The lowest BCUT2D eigenvalue weighted by Crippen LogP contribution is -1.68. The van der Waals surface area contributed by atoms with Gasteiger partial charge in [-0.2, -0.15) is 0 Å². The van der Waals surface area contributed by atoms with Gasteiger partial charge < -0.3 is 0 Å². The van der Waals surface area contributed by atoms with E-state index in [9.17, 15) is 0 Å². The summed E-state index contributed by atoms with van der Waals surface area (Å²) in [7, 11) is 5.36. The molecule has 0 spiro atoms. The Bertz CT molecular complexity index is 90.4. The zero-order valence-electron chi connectivity index (χ0n) is 4.81. The number of allylic oxidation sites excluding steroid dienone is 4. The van der Waals surface area contributed by atoms with Gasteiger partial charge in [-0.3, -0.25) is 0 Å². The Kier molecular flexibility index (Phi) is 3.48. The smallest absolute Gasteiger partial charge is 0.101 e. The molecular weight excluding hydrogens is 82.9 g/mol. The van der Waals surface area contributed by atoms with Gasteiger partial charge in [0.25, 0.3) is 0 Å². The molecule has 0 nitrogen and oxygen atoms in total. The largest absolute Gasteiger partial charge is 0.113 e. The van der Waals surface area contributed by atoms with Crippen molar-refractivity contribution in [3.05, 3.63) is 23.7 Å². The molecule has 0 aliphatic carbocycles. The zero-order chi connectivity index (χ0) is 5.70. The molecule has 0 aliphatic rings. The van der Waals surface area contributed by atoms with Crippen LogP contribution in [0.5, 0.6) is 0 Å². The Morgan fingerprint density at radius 3 is 2.14 bits per heavy atom. The first-order valence-electron chi connectivity index (χ1n) is 2.35. The van der Waals surface area contributed by atoms with Crippen molar-refractivity contribution in [2.75, 3.05) is 0 Å². The molecule has 0 atom stereocenters. The van der Waals surface area contributed by atoms with Crippen molar-refractivity contribution < 1.29 is 0 Å². The van der Waals surface area contributed by atoms with Crippen molar-refractivity contribution >= 4 is 7.85 Å². The number of hydrogen-bond donors (Lipinski definition) is 0. The SMILES string of the molecule is [B]C(/C=C\C)=C/C. The normalized spacial score (nSPS) is 13.1. The second-order valence-electron chi connectivity index (χ2n) is 1.29. The highest BCUT2D eigenvalue weighted by Gasteiger charge is 1.69. The molecule has 0 saturated carbocycles. The van der Waals surface area contributed by atoms with E-state index < -0.39 is 0 Å². The van der Waals surface area contributed by atoms with E-state index in [1.54, 1.807) is 0 Å². The van der Waals surface area contributed by atoms with Gasteiger partial charge in [0.05, 0.1) is 0 Å². The average molecular weight is 92.0 g/mol. The van der Waals surface area contributed by atoms with E-state index in [0.29, 0.717) is 0 Å². The Morgan fingerprint density at radius 1 is 1.43 bits per heavy atom. The van der Waals surface area contributed by atoms with Crippen molar-refractivity contribution in [3.63, 3.8) is 0 Å². The summed E-state index contributed by atoms with van der Waals surface area (Å²) < 4.78 is 0. The third-order valence-electron chi connectivity index (χ3n) is 0.692. The van der Waals surface area contributed by atoms with Crippen molar-refractivity contribution in [1.29, 1.82) is 0 Å². The molecule has 0 heterocycles. The molecule has 0 rings (SSSR count). The van der Waals surface area contributed by atoms with Crippen LogP contribution in [-0.2, 0) is 0 Å². The Labute approximate surface area is 46.3 Å². The van der Waals surface area contributed by atoms with Crippen molar-refractivity contribution in [1.82, 2.24) is 0 Å². The topological polar surface area (TPSA) is 0 Å². The maximum Gasteiger partial charge on any atom is 0.113 e. The van der Waals surface area contributed by atoms with Gasteiger partial charge in [0, 0.05) is 0 Å². The van der Waals surface area contributed by atoms with Crippen LogP contribution in [0.3, 0.4) is 0 Å². The average Bonchev–Trinajstić information content (AvgIpc) is 1.68. The van der Waals surface area contributed by atoms with Crippen LogP contribution in [0.1, 0.15) is 13.8 Å². The minimum atomic E-state index is 0.822. The lowest BCUT2D eigenvalue weighted by molar-refractivity contribution is 1.65. The molecule has 2 radical (unpaired) electrons. The summed E-state index contributed by atoms with van der Waals surface area (Å²) in [6, 6.07) is 0. The number of hydrogen-bond acceptors (Lipinski definition) is 0. The molecule has 0 aromatic rings. The van der Waals surface area contributed by atoms with Crippen LogP contribution in [0.4, 0.5) is 0 Å². The first-order valence-corrected chi connectivity index (χ1v) is 2.35. The quantitative estimate of drug-likeness (QED) is 0.340. The molecule has 0 aromatic heterocycles. The van der Waals surface area contributed by atoms with Crippen LogP contribution in [0, 0.1) is 0 Å². The molecule has 0 fully saturated rings. The predicted octanol–water partition coefficient (Wildman–Crippen LogP) is 1.63. The molecule has 1 heteroatoms. The van der Waals surface area contributed by atoms with E-state index in [2.05, 4.69) is 0 Å². The molecule has 36 valence electrons. The van der Waals surface area contributed by atoms with Gasteiger partial charge in [-0.25, -0.2) is 0 Å². The Hall–Kier alpha value is -0.455. The van der Waals surface area contributed by atoms with Crippen molar-refractivity contribution in [3.8, 4) is 0 Å². The van der Waals surface area contributed by atoms with Crippen LogP contribution in [0.2, 0.25) is 0 Å². The van der Waals surface area contributed by atoms with E-state index in [-0.39, 0.29) is 0 Å². The van der Waals surface area contributed by atoms with E-state index in [0.717, 1.165) is 5.47 Å². The molecule has 0 aromatic carbocycles. The van der Waals surface area contributed by atoms with Crippen LogP contribution in [0.15, 0.2) is 23.7 Å². The monoisotopic (exact) mass is 92.1 g/mol. The second-order valence-corrected chi connectivity index (χ2v) is 1.29. The van der Waals surface area contributed by atoms with Crippen LogP contribution < -0.4 is 0 Å². The highest BCUT2D eigenvalue weighted by Crippen LogP contribution is 1.86. The van der Waals surface area contributed by atoms with Gasteiger partial charge in [0.2, 0.25) is 0 Å². The third kappa shape index (κ3) is 3.37. The summed E-state index contributed by atoms with van der Waals surface area (Å²) in [4.78, 5) is 0. The van der Waals surface area contributed by atoms with Gasteiger partial charge in [0.15, 0.2) is 0 Å². The fourth-order valence-corrected chi connectivity index (χ4v) is 0.289. The highest BCUT2D eigenvalue weighted by atomic mass is 13.7. The van der Waals surface area contributed by atoms with Crippen LogP contribution in [0.25, 0.3) is 0 Å². The standard InChI is InChI=1S/C6H9B/c1-3-5-6(7)4-2/h3-5H,1-2H3/b5-3-,6-4+. The van der Waals surface area contributed by atoms with E-state index in [4.69, 9.17) is 7.85 Å². The van der Waals surface area contributed by atoms with E-state index >= 15 is 0 Å². The lowest BCUT2D eigenvalue weighted by Gasteiger charge is -1.81. The molecule has 0 unspecified atom stereocenters. The number of rotatable bonds is 1. The summed E-state index contributed by atoms with van der Waals surface area (Å²) in [5, 5.41) is 0. The van der Waals surface area contributed by atoms with Crippen molar-refractivity contribution in [2.24, 2.45) is 0 Å². The lowest BCUT2D eigenvalue weighted by atomic mass is 9.95. The first kappa shape index (κ1) is 6.54. The fraction of sp³-hybridized carbons (Fsp3) is 0.333. The van der Waals surface area contributed by atoms with Gasteiger partial charge in [0.1, 0.15) is 7.85 Å². The molecular formula is C6H9B. The maximum absolute atomic E-state index is 5.36. The summed E-state index contributed by atoms with van der Waals surface area (Å²) in [6.45, 7) is 3.85. The van der Waals surface area contributed by atoms with Gasteiger partial charge >= 0.3 is 0 Å². The maximum atomic E-state index is 5.36. The predicted molar refractivity (Wildman–Crippen MR) is 34.3 cm³/mol. The van der Waals surface area contributed by atoms with Gasteiger partial charge in [-0.1, -0.05) is 18.2 Å². The zero-order valence-corrected chi connectivity index (χ0v) is 4.81. The summed E-state index contributed by atoms with van der Waals surface area (Å²) >= 11 is 0. The molecule has 0 saturated heterocycles. The van der Waals surface area contributed by atoms with Crippen LogP contribution >= 0.6 is 0 Å². The molecule has 0 aliphatic heterocycles. The minimum Gasteiger partial charge on any atom is -0.101 e. The Morgan fingerprint density at radius 2 is 2.00 bits per heavy atom. The molecule has 0 N–H and O–H groups in total. The van der Waals surface area contributed by atoms with Crippen LogP contribution in [-0.4, -0.2) is 7.85 Å². The summed E-state index contributed by atoms with van der Waals surface area (Å²) in [5.74, 6) is 0. The Balaban J connectivity index is 3.58. The summed E-state index contributed by atoms with van der Waals surface area (Å²) in [5.41, 5.74) is 0.822. The summed E-state index contributed by atoms with van der Waals surface area (Å²) in [6.07, 6.45) is 5.63. The van der Waals surface area contributed by atoms with Crippen molar-refractivity contribution in [2.45, 2.75) is 13.8 Å². The van der Waals surface area contributed by atoms with E-state index in [1.165, 1.54) is 0 Å². The highest BCUT2D eigenvalue weighted by molar-refractivity contribution is 6.23. The van der Waals surface area contributed by atoms with Gasteiger partial charge in [-0.05, 0) is 13.8 Å². The first-order chi connectivity index (χ1) is 3.31. The minimum absolute atomic E-state index is 0.822.